The fourth-order valence-electron chi connectivity index (χ4n) is 4.65. The zero-order valence-corrected chi connectivity index (χ0v) is 17.6. The number of aryl methyl sites for hydroxylation is 1. The number of anilines is 2. The Kier molecular flexibility index (Phi) is 6.19. The number of nitrogens with one attached hydrogen (secondary N) is 2. The molecular formula is C22H32N6O2. The molecule has 2 aliphatic carbocycles. The zero-order chi connectivity index (χ0) is 21.1. The first-order valence-electron chi connectivity index (χ1n) is 10.9. The molecule has 8 nitrogen and oxygen atoms in total. The molecule has 1 aromatic carbocycles. The van der Waals surface area contributed by atoms with E-state index in [0.29, 0.717) is 30.1 Å². The van der Waals surface area contributed by atoms with Crippen molar-refractivity contribution in [3.63, 3.8) is 0 Å². The summed E-state index contributed by atoms with van der Waals surface area (Å²) in [4.78, 5) is 7.31. The van der Waals surface area contributed by atoms with Crippen molar-refractivity contribution in [2.45, 2.75) is 44.6 Å². The summed E-state index contributed by atoms with van der Waals surface area (Å²) in [6, 6.07) is 8.53. The van der Waals surface area contributed by atoms with Gasteiger partial charge in [0.2, 0.25) is 11.6 Å². The SMILES string of the molecule is C[N+]([O-])(O)c1cnc(N[C@@H]2CCc3ccccc32)nc1NCC1CCC(CN)CC1. The molecule has 1 saturated carbocycles. The number of hydrogen-bond donors (Lipinski definition) is 4. The maximum Gasteiger partial charge on any atom is 0.226 e. The van der Waals surface area contributed by atoms with Gasteiger partial charge in [-0.3, -0.25) is 0 Å². The molecule has 30 heavy (non-hydrogen) atoms. The number of fused-ring (bicyclic) bond motifs is 1. The van der Waals surface area contributed by atoms with Gasteiger partial charge in [-0.2, -0.15) is 9.79 Å². The van der Waals surface area contributed by atoms with Crippen molar-refractivity contribution in [1.82, 2.24) is 14.8 Å². The topological polar surface area (TPSA) is 119 Å². The minimum absolute atomic E-state index is 0.114. The zero-order valence-electron chi connectivity index (χ0n) is 17.6. The highest BCUT2D eigenvalue weighted by atomic mass is 16.8. The Morgan fingerprint density at radius 3 is 2.63 bits per heavy atom. The van der Waals surface area contributed by atoms with Crippen LogP contribution in [0.1, 0.15) is 49.3 Å². The lowest BCUT2D eigenvalue weighted by molar-refractivity contribution is -0.00431. The van der Waals surface area contributed by atoms with Crippen LogP contribution in [0.5, 0.6) is 0 Å². The van der Waals surface area contributed by atoms with Crippen molar-refractivity contribution in [1.29, 1.82) is 0 Å². The van der Waals surface area contributed by atoms with Crippen LogP contribution in [0.2, 0.25) is 0 Å². The third-order valence-corrected chi connectivity index (χ3v) is 6.51. The van der Waals surface area contributed by atoms with Gasteiger partial charge in [0, 0.05) is 6.54 Å². The first kappa shape index (κ1) is 21.0. The molecule has 0 radical (unpaired) electrons. The van der Waals surface area contributed by atoms with Crippen LogP contribution in [0, 0.1) is 17.0 Å². The fraction of sp³-hybridized carbons (Fsp3) is 0.545. The highest BCUT2D eigenvalue weighted by molar-refractivity contribution is 5.63. The predicted octanol–water partition coefficient (Wildman–Crippen LogP) is 3.58. The number of aromatic nitrogens is 2. The summed E-state index contributed by atoms with van der Waals surface area (Å²) in [5, 5.41) is 28.9. The van der Waals surface area contributed by atoms with E-state index in [1.54, 1.807) is 0 Å². The molecule has 4 rings (SSSR count). The van der Waals surface area contributed by atoms with Crippen LogP contribution in [0.15, 0.2) is 30.5 Å². The summed E-state index contributed by atoms with van der Waals surface area (Å²) < 4.78 is 0. The molecule has 1 heterocycles. The molecule has 0 bridgehead atoms. The summed E-state index contributed by atoms with van der Waals surface area (Å²) in [5.41, 5.74) is 8.52. The minimum atomic E-state index is -1.56. The standard InChI is InChI=1S/C22H32N6O2/c1-28(29,30)20-14-25-22(26-19-11-10-17-4-2-3-5-18(17)19)27-21(20)24-13-16-8-6-15(12-23)7-9-16/h2-5,14-16,19,29H,6-13,23H2,1H3,(H2,24,25,26,27)/t15?,16?,19-/m1/s1. The summed E-state index contributed by atoms with van der Waals surface area (Å²) in [6.07, 6.45) is 7.92. The van der Waals surface area contributed by atoms with Gasteiger partial charge in [0.15, 0.2) is 5.82 Å². The summed E-state index contributed by atoms with van der Waals surface area (Å²) in [6.45, 7) is 1.47. The molecule has 1 fully saturated rings. The van der Waals surface area contributed by atoms with Gasteiger partial charge >= 0.3 is 0 Å². The number of hydrogen-bond acceptors (Lipinski definition) is 7. The Labute approximate surface area is 177 Å². The van der Waals surface area contributed by atoms with Gasteiger partial charge in [0.25, 0.3) is 0 Å². The van der Waals surface area contributed by atoms with E-state index in [1.807, 2.05) is 6.07 Å². The Morgan fingerprint density at radius 2 is 1.90 bits per heavy atom. The van der Waals surface area contributed by atoms with Crippen LogP contribution in [-0.2, 0) is 6.42 Å². The molecule has 2 aromatic rings. The molecule has 1 aromatic heterocycles. The lowest BCUT2D eigenvalue weighted by Crippen LogP contribution is -2.35. The molecular weight excluding hydrogens is 380 g/mol. The van der Waals surface area contributed by atoms with E-state index in [0.717, 1.165) is 52.1 Å². The van der Waals surface area contributed by atoms with Crippen molar-refractivity contribution in [3.05, 3.63) is 46.8 Å². The Balaban J connectivity index is 1.47. The van der Waals surface area contributed by atoms with Crippen LogP contribution in [-0.4, -0.2) is 35.3 Å². The number of hydroxylamine groups is 2. The highest BCUT2D eigenvalue weighted by Crippen LogP contribution is 2.35. The molecule has 0 aliphatic heterocycles. The number of rotatable bonds is 7. The number of quaternary nitrogens is 1. The maximum atomic E-state index is 12.2. The summed E-state index contributed by atoms with van der Waals surface area (Å²) in [5.74, 6) is 1.99. The van der Waals surface area contributed by atoms with Crippen LogP contribution in [0.3, 0.4) is 0 Å². The molecule has 8 heteroatoms. The molecule has 1 unspecified atom stereocenters. The number of nitrogens with two attached hydrogens (primary N) is 1. The smallest absolute Gasteiger partial charge is 0.226 e. The maximum absolute atomic E-state index is 12.2. The van der Waals surface area contributed by atoms with Gasteiger partial charge in [-0.1, -0.05) is 24.3 Å². The van der Waals surface area contributed by atoms with Crippen molar-refractivity contribution < 1.29 is 5.21 Å². The van der Waals surface area contributed by atoms with E-state index in [2.05, 4.69) is 38.8 Å². The molecule has 2 atom stereocenters. The van der Waals surface area contributed by atoms with Crippen LogP contribution in [0.25, 0.3) is 0 Å². The first-order chi connectivity index (χ1) is 14.4. The fourth-order valence-corrected chi connectivity index (χ4v) is 4.65. The number of benzene rings is 1. The molecule has 0 spiro atoms. The first-order valence-corrected chi connectivity index (χ1v) is 10.9. The van der Waals surface area contributed by atoms with Crippen molar-refractivity contribution in [3.8, 4) is 0 Å². The van der Waals surface area contributed by atoms with Gasteiger partial charge in [-0.05, 0) is 68.0 Å². The largest absolute Gasteiger partial charge is 0.593 e. The van der Waals surface area contributed by atoms with E-state index in [1.165, 1.54) is 17.3 Å². The normalized spacial score (nSPS) is 25.4. The molecule has 0 saturated heterocycles. The summed E-state index contributed by atoms with van der Waals surface area (Å²) in [7, 11) is 1.16. The minimum Gasteiger partial charge on any atom is -0.593 e. The van der Waals surface area contributed by atoms with Gasteiger partial charge in [-0.25, -0.2) is 10.2 Å². The van der Waals surface area contributed by atoms with E-state index in [9.17, 15) is 10.4 Å². The van der Waals surface area contributed by atoms with Crippen LogP contribution >= 0.6 is 0 Å². The van der Waals surface area contributed by atoms with Crippen LogP contribution in [0.4, 0.5) is 17.5 Å². The average molecular weight is 413 g/mol. The quantitative estimate of drug-likeness (QED) is 0.405. The average Bonchev–Trinajstić information content (AvgIpc) is 3.15. The van der Waals surface area contributed by atoms with Gasteiger partial charge in [-0.15, -0.1) is 0 Å². The predicted molar refractivity (Wildman–Crippen MR) is 119 cm³/mol. The van der Waals surface area contributed by atoms with Crippen molar-refractivity contribution >= 4 is 17.5 Å². The monoisotopic (exact) mass is 412 g/mol. The van der Waals surface area contributed by atoms with Crippen molar-refractivity contribution in [2.24, 2.45) is 17.6 Å². The summed E-state index contributed by atoms with van der Waals surface area (Å²) >= 11 is 0. The van der Waals surface area contributed by atoms with Gasteiger partial charge in [0.05, 0.1) is 12.2 Å². The van der Waals surface area contributed by atoms with E-state index < -0.39 is 4.81 Å². The van der Waals surface area contributed by atoms with Crippen LogP contribution < -0.4 is 21.2 Å². The van der Waals surface area contributed by atoms with E-state index >= 15 is 0 Å². The number of nitrogens with zero attached hydrogens (tertiary/aromatic N) is 3. The van der Waals surface area contributed by atoms with E-state index in [4.69, 9.17) is 5.73 Å². The lowest BCUT2D eigenvalue weighted by atomic mass is 9.82. The Morgan fingerprint density at radius 1 is 1.17 bits per heavy atom. The Hall–Kier alpha value is -2.26. The molecule has 162 valence electrons. The third-order valence-electron chi connectivity index (χ3n) is 6.51. The van der Waals surface area contributed by atoms with Crippen molar-refractivity contribution in [2.75, 3.05) is 30.8 Å². The molecule has 0 amide bonds. The second-order valence-electron chi connectivity index (χ2n) is 8.74. The highest BCUT2D eigenvalue weighted by Gasteiger charge is 2.26. The molecule has 5 N–H and O–H groups in total. The van der Waals surface area contributed by atoms with Gasteiger partial charge in [0.1, 0.15) is 7.05 Å². The third kappa shape index (κ3) is 4.73. The van der Waals surface area contributed by atoms with E-state index in [-0.39, 0.29) is 11.7 Å². The second kappa shape index (κ2) is 8.85. The lowest BCUT2D eigenvalue weighted by Gasteiger charge is -2.31. The molecule has 2 aliphatic rings. The second-order valence-corrected chi connectivity index (χ2v) is 8.74. The Bertz CT molecular complexity index is 861. The van der Waals surface area contributed by atoms with Gasteiger partial charge < -0.3 is 21.6 Å².